The fourth-order valence-electron chi connectivity index (χ4n) is 19.1. The Morgan fingerprint density at radius 2 is 1.08 bits per heavy atom. The van der Waals surface area contributed by atoms with Gasteiger partial charge in [-0.3, -0.25) is 9.59 Å². The van der Waals surface area contributed by atoms with Crippen LogP contribution in [0.5, 0.6) is 0 Å². The SMILES string of the molecule is CC(=O)N[C@H]1[C@H](O[C@H]2CC[C@@]3(C)C(CC[C@]4(C)C3CC=C3[C@@H]5CC(C)(C)CC[C@]5(C(=O)OC5OCC(O)C(O)C5O)CC[C@]34C)C2(C)C)O[C@H](COC2OC(C)C(O)C(OC3OCC(O)C(OC4OC(C)C(O)C(OC5OC(C)C(O)C(O)C5O)C4O)C3O)C2O)[C@@H](O)[C@@H]1O. The molecule has 29 heteroatoms. The summed E-state index contributed by atoms with van der Waals surface area (Å²) in [4.78, 5) is 27.5. The summed E-state index contributed by atoms with van der Waals surface area (Å²) in [5.74, 6) is -0.749. The second kappa shape index (κ2) is 27.5. The lowest BCUT2D eigenvalue weighted by Crippen LogP contribution is -2.68. The van der Waals surface area contributed by atoms with Crippen LogP contribution in [0, 0.1) is 50.2 Å². The van der Waals surface area contributed by atoms with E-state index in [9.17, 15) is 81.1 Å². The molecule has 11 aliphatic rings. The van der Waals surface area contributed by atoms with Gasteiger partial charge in [-0.1, -0.05) is 60.1 Å². The Kier molecular flexibility index (Phi) is 21.4. The topological polar surface area (TPSA) is 440 Å². The molecule has 95 heavy (non-hydrogen) atoms. The highest BCUT2D eigenvalue weighted by molar-refractivity contribution is 5.79. The summed E-state index contributed by atoms with van der Waals surface area (Å²) in [6, 6.07) is -1.24. The largest absolute Gasteiger partial charge is 0.432 e. The lowest BCUT2D eigenvalue weighted by Gasteiger charge is -2.71. The number of carbonyl (C=O) groups excluding carboxylic acids is 2. The van der Waals surface area contributed by atoms with Crippen molar-refractivity contribution in [3.8, 4) is 0 Å². The predicted molar refractivity (Wildman–Crippen MR) is 323 cm³/mol. The summed E-state index contributed by atoms with van der Waals surface area (Å²) in [7, 11) is 0. The van der Waals surface area contributed by atoms with Crippen molar-refractivity contribution in [3.05, 3.63) is 11.6 Å². The smallest absolute Gasteiger partial charge is 0.315 e. The Bertz CT molecular complexity index is 2730. The molecule has 6 heterocycles. The molecule has 11 rings (SSSR count). The number of aliphatic hydroxyl groups is 14. The van der Waals surface area contributed by atoms with Gasteiger partial charge in [0.15, 0.2) is 31.5 Å². The highest BCUT2D eigenvalue weighted by Crippen LogP contribution is 2.76. The standard InChI is InChI=1S/C66H107NO28/c1-26-39(71)45(77)47(79)58(88-26)94-53-41(73)28(3)89-59(50(53)82)92-51-33(70)24-85-57(48(51)80)93-52-40(72)27(2)87-56(49(52)81)86-25-34-43(75)44(76)38(67-29(4)68)54(90-34)91-37-15-16-63(9)35(62(37,7)8)14-17-65(11)36(63)13-12-30-31-22-61(5,6)18-20-66(31,21-19-64(30,65)10)60(83)95-55-46(78)42(74)32(69)23-84-55/h12,26-28,31-59,69-82H,13-25H2,1-11H3,(H,67,68)/t26?,27?,28?,31-,32?,33?,34+,35?,36?,37-,38+,39?,40?,41?,42?,43+,44+,45?,46?,47?,48?,49?,50?,51?,52?,53?,54-,55?,56?,57?,58?,59?,63-,64+,65+,66-/m0/s1. The van der Waals surface area contributed by atoms with Crippen LogP contribution in [-0.2, 0) is 66.4 Å². The van der Waals surface area contributed by atoms with E-state index in [0.29, 0.717) is 19.3 Å². The van der Waals surface area contributed by atoms with Crippen molar-refractivity contribution in [1.82, 2.24) is 5.32 Å². The summed E-state index contributed by atoms with van der Waals surface area (Å²) >= 11 is 0. The van der Waals surface area contributed by atoms with Gasteiger partial charge in [-0.05, 0) is 130 Å². The molecule has 5 aliphatic carbocycles. The summed E-state index contributed by atoms with van der Waals surface area (Å²) in [6.45, 7) is 20.3. The van der Waals surface area contributed by atoms with Crippen LogP contribution in [-0.4, -0.2) is 281 Å². The first-order valence-corrected chi connectivity index (χ1v) is 34.2. The predicted octanol–water partition coefficient (Wildman–Crippen LogP) is -1.88. The van der Waals surface area contributed by atoms with Gasteiger partial charge in [0, 0.05) is 6.92 Å². The van der Waals surface area contributed by atoms with Gasteiger partial charge in [-0.15, -0.1) is 0 Å². The number of nitrogens with one attached hydrogen (secondary N) is 1. The second-order valence-corrected chi connectivity index (χ2v) is 31.7. The van der Waals surface area contributed by atoms with Gasteiger partial charge in [0.1, 0.15) is 116 Å². The third-order valence-corrected chi connectivity index (χ3v) is 25.1. The Labute approximate surface area is 553 Å². The number of amides is 1. The molecule has 544 valence electrons. The van der Waals surface area contributed by atoms with Crippen LogP contribution in [0.25, 0.3) is 0 Å². The van der Waals surface area contributed by atoms with Crippen LogP contribution in [0.15, 0.2) is 11.6 Å². The molecular weight excluding hydrogens is 1250 g/mol. The number of hydrogen-bond donors (Lipinski definition) is 15. The minimum absolute atomic E-state index is 0.0678. The molecule has 0 spiro atoms. The van der Waals surface area contributed by atoms with Crippen molar-refractivity contribution in [2.45, 2.75) is 318 Å². The zero-order valence-corrected chi connectivity index (χ0v) is 56.2. The summed E-state index contributed by atoms with van der Waals surface area (Å²) in [6.07, 6.45) is -32.8. The average Bonchev–Trinajstić information content (AvgIpc) is 0.676. The van der Waals surface area contributed by atoms with Gasteiger partial charge >= 0.3 is 5.97 Å². The third kappa shape index (κ3) is 13.1. The third-order valence-electron chi connectivity index (χ3n) is 25.1. The van der Waals surface area contributed by atoms with Crippen molar-refractivity contribution in [2.24, 2.45) is 50.2 Å². The first-order chi connectivity index (χ1) is 44.4. The number of carbonyl (C=O) groups is 2. The Morgan fingerprint density at radius 3 is 1.75 bits per heavy atom. The lowest BCUT2D eigenvalue weighted by molar-refractivity contribution is -0.380. The highest BCUT2D eigenvalue weighted by atomic mass is 16.8. The number of allylic oxidation sites excluding steroid dienone is 2. The molecule has 0 radical (unpaired) electrons. The molecule has 0 aromatic carbocycles. The van der Waals surface area contributed by atoms with E-state index in [1.54, 1.807) is 0 Å². The van der Waals surface area contributed by atoms with Crippen LogP contribution < -0.4 is 5.32 Å². The maximum absolute atomic E-state index is 14.7. The first kappa shape index (κ1) is 73.9. The van der Waals surface area contributed by atoms with Crippen molar-refractivity contribution in [3.63, 3.8) is 0 Å². The summed E-state index contributed by atoms with van der Waals surface area (Å²) in [5, 5.41) is 157. The van der Waals surface area contributed by atoms with Gasteiger partial charge in [0.05, 0.1) is 49.7 Å². The van der Waals surface area contributed by atoms with E-state index in [4.69, 9.17) is 56.8 Å². The van der Waals surface area contributed by atoms with Gasteiger partial charge in [-0.25, -0.2) is 0 Å². The number of hydrogen-bond acceptors (Lipinski definition) is 28. The molecule has 0 aromatic rings. The van der Waals surface area contributed by atoms with E-state index in [0.717, 1.165) is 44.9 Å². The maximum Gasteiger partial charge on any atom is 0.315 e. The van der Waals surface area contributed by atoms with Crippen molar-refractivity contribution in [2.75, 3.05) is 19.8 Å². The van der Waals surface area contributed by atoms with E-state index in [1.807, 2.05) is 0 Å². The van der Waals surface area contributed by atoms with Crippen LogP contribution in [0.1, 0.15) is 140 Å². The van der Waals surface area contributed by atoms with Gasteiger partial charge in [0.2, 0.25) is 12.2 Å². The molecule has 1 amide bonds. The van der Waals surface area contributed by atoms with E-state index in [1.165, 1.54) is 33.3 Å². The molecule has 36 atom stereocenters. The van der Waals surface area contributed by atoms with Gasteiger partial charge in [-0.2, -0.15) is 0 Å². The fraction of sp³-hybridized carbons (Fsp3) is 0.939. The van der Waals surface area contributed by atoms with Crippen LogP contribution >= 0.6 is 0 Å². The maximum atomic E-state index is 14.7. The molecule has 4 saturated carbocycles. The molecule has 0 aromatic heterocycles. The van der Waals surface area contributed by atoms with E-state index < -0.39 is 214 Å². The molecule has 10 fully saturated rings. The number of esters is 1. The molecule has 6 saturated heterocycles. The number of ether oxygens (including phenoxy) is 12. The molecule has 25 unspecified atom stereocenters. The first-order valence-electron chi connectivity index (χ1n) is 34.2. The highest BCUT2D eigenvalue weighted by Gasteiger charge is 2.70. The summed E-state index contributed by atoms with van der Waals surface area (Å²) < 4.78 is 71.7. The van der Waals surface area contributed by atoms with Crippen LogP contribution in [0.4, 0.5) is 0 Å². The Hall–Kier alpha value is -2.32. The van der Waals surface area contributed by atoms with E-state index in [2.05, 4.69) is 59.9 Å². The van der Waals surface area contributed by atoms with Crippen molar-refractivity contribution >= 4 is 11.9 Å². The lowest BCUT2D eigenvalue weighted by atomic mass is 9.33. The molecule has 29 nitrogen and oxygen atoms in total. The van der Waals surface area contributed by atoms with E-state index >= 15 is 0 Å². The molecule has 6 aliphatic heterocycles. The number of fused-ring (bicyclic) bond motifs is 7. The van der Waals surface area contributed by atoms with E-state index in [-0.39, 0.29) is 46.0 Å². The van der Waals surface area contributed by atoms with Gasteiger partial charge < -0.3 is 134 Å². The van der Waals surface area contributed by atoms with Crippen molar-refractivity contribution < 1.29 is 138 Å². The zero-order chi connectivity index (χ0) is 69.3. The molecular formula is C66H107NO28. The van der Waals surface area contributed by atoms with Crippen LogP contribution in [0.2, 0.25) is 0 Å². The Morgan fingerprint density at radius 1 is 0.526 bits per heavy atom. The number of rotatable bonds is 14. The van der Waals surface area contributed by atoms with Crippen LogP contribution in [0.3, 0.4) is 0 Å². The summed E-state index contributed by atoms with van der Waals surface area (Å²) in [5.41, 5.74) is -0.838. The normalized spacial score (nSPS) is 53.7. The minimum Gasteiger partial charge on any atom is -0.432 e. The zero-order valence-electron chi connectivity index (χ0n) is 56.2. The quantitative estimate of drug-likeness (QED) is 0.0514. The fourth-order valence-corrected chi connectivity index (χ4v) is 19.1. The van der Waals surface area contributed by atoms with Gasteiger partial charge in [0.25, 0.3) is 0 Å². The number of aliphatic hydroxyl groups excluding tert-OH is 14. The minimum atomic E-state index is -1.92. The van der Waals surface area contributed by atoms with Crippen molar-refractivity contribution in [1.29, 1.82) is 0 Å². The molecule has 15 N–H and O–H groups in total. The monoisotopic (exact) mass is 1360 g/mol. The Balaban J connectivity index is 0.746. The second-order valence-electron chi connectivity index (χ2n) is 31.7. The average molecular weight is 1360 g/mol. The molecule has 0 bridgehead atoms.